The van der Waals surface area contributed by atoms with Crippen LogP contribution in [0.15, 0.2) is 77.7 Å². The molecule has 3 aromatic rings. The quantitative estimate of drug-likeness (QED) is 0.367. The van der Waals surface area contributed by atoms with Gasteiger partial charge >= 0.3 is 0 Å². The van der Waals surface area contributed by atoms with E-state index in [4.69, 9.17) is 16.3 Å². The first kappa shape index (κ1) is 20.2. The fourth-order valence-corrected chi connectivity index (χ4v) is 3.34. The van der Waals surface area contributed by atoms with Gasteiger partial charge in [-0.25, -0.2) is 13.6 Å². The molecule has 0 aliphatic heterocycles. The number of nitrogens with two attached hydrogens (primary N) is 2. The molecule has 0 atom stereocenters. The van der Waals surface area contributed by atoms with Gasteiger partial charge in [-0.3, -0.25) is 10.2 Å². The van der Waals surface area contributed by atoms with Gasteiger partial charge in [0.15, 0.2) is 0 Å². The van der Waals surface area contributed by atoms with Gasteiger partial charge in [-0.05, 0) is 41.0 Å². The van der Waals surface area contributed by atoms with Crippen LogP contribution in [-0.4, -0.2) is 20.2 Å². The van der Waals surface area contributed by atoms with E-state index in [2.05, 4.69) is 5.32 Å². The predicted octanol–water partition coefficient (Wildman–Crippen LogP) is 2.22. The summed E-state index contributed by atoms with van der Waals surface area (Å²) >= 11 is 0. The number of amidine groups is 1. The number of primary sulfonamides is 1. The highest BCUT2D eigenvalue weighted by Crippen LogP contribution is 2.23. The number of nitrogen functional groups attached to an aromatic ring is 1. The van der Waals surface area contributed by atoms with E-state index in [0.29, 0.717) is 28.8 Å². The number of nitrogens with one attached hydrogen (secondary N) is 2. The van der Waals surface area contributed by atoms with E-state index >= 15 is 0 Å². The third-order valence-corrected chi connectivity index (χ3v) is 5.25. The minimum Gasteiger partial charge on any atom is -0.384 e. The van der Waals surface area contributed by atoms with Gasteiger partial charge in [-0.15, -0.1) is 0 Å². The summed E-state index contributed by atoms with van der Waals surface area (Å²) < 4.78 is 23.1. The van der Waals surface area contributed by atoms with E-state index in [-0.39, 0.29) is 16.6 Å². The Balaban J connectivity index is 1.75. The van der Waals surface area contributed by atoms with Crippen molar-refractivity contribution in [2.45, 2.75) is 11.4 Å². The van der Waals surface area contributed by atoms with Gasteiger partial charge in [0.1, 0.15) is 5.84 Å². The summed E-state index contributed by atoms with van der Waals surface area (Å²) in [5.41, 5.74) is 8.72. The number of sulfonamides is 1. The molecule has 0 fully saturated rings. The standard InChI is InChI=1S/C21H20N4O3S/c22-20(23)15-9-7-14(8-10-15)13-25-21(26)18-5-1-3-16(11-18)17-4-2-6-19(12-17)29(24,27)28/h1-12H,13H2,(H3,22,23)(H,25,26)(H2,24,27,28). The second kappa shape index (κ2) is 8.26. The smallest absolute Gasteiger partial charge is 0.251 e. The Labute approximate surface area is 168 Å². The van der Waals surface area contributed by atoms with Crippen LogP contribution in [0.2, 0.25) is 0 Å². The molecule has 0 saturated carbocycles. The van der Waals surface area contributed by atoms with Crippen molar-refractivity contribution in [3.63, 3.8) is 0 Å². The Morgan fingerprint density at radius 1 is 0.897 bits per heavy atom. The van der Waals surface area contributed by atoms with E-state index in [0.717, 1.165) is 5.56 Å². The van der Waals surface area contributed by atoms with Crippen LogP contribution in [0, 0.1) is 5.41 Å². The molecule has 1 amide bonds. The zero-order valence-electron chi connectivity index (χ0n) is 15.4. The van der Waals surface area contributed by atoms with Crippen molar-refractivity contribution in [3.8, 4) is 11.1 Å². The summed E-state index contributed by atoms with van der Waals surface area (Å²) in [4.78, 5) is 12.5. The summed E-state index contributed by atoms with van der Waals surface area (Å²) in [7, 11) is -3.81. The highest BCUT2D eigenvalue weighted by Gasteiger charge is 2.11. The molecule has 8 heteroatoms. The van der Waals surface area contributed by atoms with Crippen molar-refractivity contribution < 1.29 is 13.2 Å². The van der Waals surface area contributed by atoms with Crippen LogP contribution in [0.5, 0.6) is 0 Å². The van der Waals surface area contributed by atoms with Gasteiger partial charge in [0.2, 0.25) is 10.0 Å². The summed E-state index contributed by atoms with van der Waals surface area (Å²) in [5, 5.41) is 15.4. The second-order valence-electron chi connectivity index (χ2n) is 6.45. The topological polar surface area (TPSA) is 139 Å². The van der Waals surface area contributed by atoms with Gasteiger partial charge in [0.05, 0.1) is 4.90 Å². The molecule has 0 heterocycles. The van der Waals surface area contributed by atoms with Crippen LogP contribution in [0.3, 0.4) is 0 Å². The molecule has 0 aromatic heterocycles. The predicted molar refractivity (Wildman–Crippen MR) is 112 cm³/mol. The van der Waals surface area contributed by atoms with Crippen molar-refractivity contribution in [2.75, 3.05) is 0 Å². The van der Waals surface area contributed by atoms with Gasteiger partial charge in [-0.1, -0.05) is 48.5 Å². The first-order valence-electron chi connectivity index (χ1n) is 8.69. The Morgan fingerprint density at radius 3 is 2.14 bits per heavy atom. The SMILES string of the molecule is N=C(N)c1ccc(CNC(=O)c2cccc(-c3cccc(S(N)(=O)=O)c3)c2)cc1. The minimum atomic E-state index is -3.81. The molecule has 29 heavy (non-hydrogen) atoms. The van der Waals surface area contributed by atoms with Crippen molar-refractivity contribution >= 4 is 21.8 Å². The van der Waals surface area contributed by atoms with Crippen LogP contribution >= 0.6 is 0 Å². The number of benzene rings is 3. The van der Waals surface area contributed by atoms with E-state index in [1.807, 2.05) is 0 Å². The Kier molecular flexibility index (Phi) is 5.76. The fraction of sp³-hybridized carbons (Fsp3) is 0.0476. The maximum atomic E-state index is 12.5. The molecule has 0 unspecified atom stereocenters. The van der Waals surface area contributed by atoms with Crippen molar-refractivity contribution in [3.05, 3.63) is 89.5 Å². The molecule has 7 nitrogen and oxygen atoms in total. The largest absolute Gasteiger partial charge is 0.384 e. The lowest BCUT2D eigenvalue weighted by Gasteiger charge is -2.09. The number of amides is 1. The molecule has 0 spiro atoms. The zero-order chi connectivity index (χ0) is 21.0. The molecular formula is C21H20N4O3S. The van der Waals surface area contributed by atoms with Crippen LogP contribution in [0.25, 0.3) is 11.1 Å². The monoisotopic (exact) mass is 408 g/mol. The lowest BCUT2D eigenvalue weighted by molar-refractivity contribution is 0.0951. The lowest BCUT2D eigenvalue weighted by Crippen LogP contribution is -2.22. The molecule has 0 bridgehead atoms. The van der Waals surface area contributed by atoms with Gasteiger partial charge in [0, 0.05) is 17.7 Å². The Hall–Kier alpha value is -3.49. The van der Waals surface area contributed by atoms with Gasteiger partial charge in [0.25, 0.3) is 5.91 Å². The van der Waals surface area contributed by atoms with Crippen LogP contribution < -0.4 is 16.2 Å². The molecule has 3 rings (SSSR count). The number of hydrogen-bond acceptors (Lipinski definition) is 4. The molecule has 0 radical (unpaired) electrons. The first-order valence-corrected chi connectivity index (χ1v) is 10.2. The van der Waals surface area contributed by atoms with E-state index in [9.17, 15) is 13.2 Å². The highest BCUT2D eigenvalue weighted by atomic mass is 32.2. The average Bonchev–Trinajstić information content (AvgIpc) is 2.72. The number of hydrogen-bond donors (Lipinski definition) is 4. The second-order valence-corrected chi connectivity index (χ2v) is 8.01. The molecule has 148 valence electrons. The van der Waals surface area contributed by atoms with E-state index in [1.54, 1.807) is 60.7 Å². The molecule has 3 aromatic carbocycles. The average molecular weight is 408 g/mol. The maximum Gasteiger partial charge on any atom is 0.251 e. The van der Waals surface area contributed by atoms with Gasteiger partial charge < -0.3 is 11.1 Å². The molecular weight excluding hydrogens is 388 g/mol. The number of carbonyl (C=O) groups excluding carboxylic acids is 1. The summed E-state index contributed by atoms with van der Waals surface area (Å²) in [5.74, 6) is -0.269. The first-order chi connectivity index (χ1) is 13.7. The zero-order valence-corrected chi connectivity index (χ0v) is 16.2. The third kappa shape index (κ3) is 5.07. The summed E-state index contributed by atoms with van der Waals surface area (Å²) in [6.07, 6.45) is 0. The maximum absolute atomic E-state index is 12.5. The molecule has 0 saturated heterocycles. The van der Waals surface area contributed by atoms with E-state index < -0.39 is 10.0 Å². The van der Waals surface area contributed by atoms with Gasteiger partial charge in [-0.2, -0.15) is 0 Å². The molecule has 0 aliphatic rings. The van der Waals surface area contributed by atoms with Crippen molar-refractivity contribution in [1.82, 2.24) is 5.32 Å². The number of rotatable bonds is 6. The molecule has 6 N–H and O–H groups in total. The normalized spacial score (nSPS) is 11.1. The molecule has 0 aliphatic carbocycles. The Morgan fingerprint density at radius 2 is 1.52 bits per heavy atom. The van der Waals surface area contributed by atoms with Crippen LogP contribution in [0.4, 0.5) is 0 Å². The minimum absolute atomic E-state index is 0.0103. The highest BCUT2D eigenvalue weighted by molar-refractivity contribution is 7.89. The fourth-order valence-electron chi connectivity index (χ4n) is 2.78. The summed E-state index contributed by atoms with van der Waals surface area (Å²) in [6.45, 7) is 0.322. The van der Waals surface area contributed by atoms with Crippen LogP contribution in [0.1, 0.15) is 21.5 Å². The van der Waals surface area contributed by atoms with Crippen LogP contribution in [-0.2, 0) is 16.6 Å². The van der Waals surface area contributed by atoms with E-state index in [1.165, 1.54) is 12.1 Å². The number of carbonyl (C=O) groups is 1. The third-order valence-electron chi connectivity index (χ3n) is 4.34. The lowest BCUT2D eigenvalue weighted by atomic mass is 10.0. The Bertz CT molecular complexity index is 1170. The van der Waals surface area contributed by atoms with Crippen molar-refractivity contribution in [2.24, 2.45) is 10.9 Å². The van der Waals surface area contributed by atoms with Crippen molar-refractivity contribution in [1.29, 1.82) is 5.41 Å². The summed E-state index contributed by atoms with van der Waals surface area (Å²) in [6, 6.07) is 20.2.